The number of anilines is 2. The number of nitrogens with one attached hydrogen (secondary N) is 1. The van der Waals surface area contributed by atoms with E-state index < -0.39 is 21.8 Å². The van der Waals surface area contributed by atoms with E-state index in [4.69, 9.17) is 33.7 Å². The smallest absolute Gasteiger partial charge is 0.327 e. The van der Waals surface area contributed by atoms with Crippen LogP contribution in [0.2, 0.25) is 10.0 Å². The molecule has 212 valence electrons. The summed E-state index contributed by atoms with van der Waals surface area (Å²) >= 11 is 12.0. The zero-order valence-electron chi connectivity index (χ0n) is 21.6. The van der Waals surface area contributed by atoms with Crippen molar-refractivity contribution < 1.29 is 22.3 Å². The second-order valence-corrected chi connectivity index (χ2v) is 11.0. The van der Waals surface area contributed by atoms with Gasteiger partial charge in [-0.2, -0.15) is 5.10 Å². The minimum Gasteiger partial charge on any atom is -0.463 e. The molecule has 0 radical (unpaired) electrons. The van der Waals surface area contributed by atoms with Gasteiger partial charge in [-0.3, -0.25) is 9.52 Å². The number of aromatic nitrogens is 4. The Morgan fingerprint density at radius 2 is 1.93 bits per heavy atom. The highest BCUT2D eigenvalue weighted by atomic mass is 35.5. The molecule has 2 aromatic carbocycles. The lowest BCUT2D eigenvalue weighted by molar-refractivity contribution is -0.144. The molecule has 0 unspecified atom stereocenters. The number of halogens is 3. The first-order valence-electron chi connectivity index (χ1n) is 12.2. The number of hydrogen-bond acceptors (Lipinski definition) is 9. The second-order valence-electron chi connectivity index (χ2n) is 8.56. The summed E-state index contributed by atoms with van der Waals surface area (Å²) in [6, 6.07) is 7.85. The monoisotopic (exact) mass is 609 g/mol. The molecule has 0 saturated carbocycles. The van der Waals surface area contributed by atoms with Crippen LogP contribution < -0.4 is 10.5 Å². The Bertz CT molecular complexity index is 1660. The molecule has 0 aliphatic rings. The fourth-order valence-corrected chi connectivity index (χ4v) is 5.81. The molecule has 2 aromatic heterocycles. The predicted molar refractivity (Wildman–Crippen MR) is 151 cm³/mol. The molecular formula is C25H26Cl2FN7O4S. The first kappa shape index (κ1) is 29.5. The molecule has 4 rings (SSSR count). The number of esters is 1. The summed E-state index contributed by atoms with van der Waals surface area (Å²) in [4.78, 5) is 22.5. The van der Waals surface area contributed by atoms with Crippen molar-refractivity contribution in [2.45, 2.75) is 25.3 Å². The van der Waals surface area contributed by atoms with Crippen molar-refractivity contribution in [1.29, 1.82) is 0 Å². The lowest BCUT2D eigenvalue weighted by Crippen LogP contribution is -2.28. The van der Waals surface area contributed by atoms with Crippen molar-refractivity contribution in [3.8, 4) is 11.3 Å². The van der Waals surface area contributed by atoms with Crippen molar-refractivity contribution in [1.82, 2.24) is 24.6 Å². The van der Waals surface area contributed by atoms with Gasteiger partial charge in [0.25, 0.3) is 10.0 Å². The predicted octanol–water partition coefficient (Wildman–Crippen LogP) is 4.21. The maximum absolute atomic E-state index is 15.2. The van der Waals surface area contributed by atoms with Crippen LogP contribution in [0.25, 0.3) is 22.3 Å². The summed E-state index contributed by atoms with van der Waals surface area (Å²) < 4.78 is 49.7. The molecule has 0 bridgehead atoms. The van der Waals surface area contributed by atoms with Crippen LogP contribution in [-0.4, -0.2) is 65.3 Å². The van der Waals surface area contributed by atoms with Crippen LogP contribution in [0.4, 0.5) is 15.9 Å². The normalized spacial score (nSPS) is 11.8. The van der Waals surface area contributed by atoms with Crippen LogP contribution in [-0.2, 0) is 26.1 Å². The van der Waals surface area contributed by atoms with E-state index in [1.807, 2.05) is 13.8 Å². The number of nitrogen functional groups attached to an aromatic ring is 1. The van der Waals surface area contributed by atoms with Crippen LogP contribution in [0, 0.1) is 5.82 Å². The Balaban J connectivity index is 1.61. The lowest BCUT2D eigenvalue weighted by Gasteiger charge is -2.17. The fraction of sp³-hybridized carbons (Fsp3) is 0.280. The van der Waals surface area contributed by atoms with Crippen LogP contribution in [0.15, 0.2) is 47.6 Å². The summed E-state index contributed by atoms with van der Waals surface area (Å²) in [5.74, 6) is -1.36. The highest BCUT2D eigenvalue weighted by molar-refractivity contribution is 7.92. The van der Waals surface area contributed by atoms with Gasteiger partial charge in [0.05, 0.1) is 21.1 Å². The SMILES string of the molecule is CCN(CC)CCOC(=O)Cn1nc(-c2ccc(NS(=O)(=O)c3cccc(Cl)c3Cl)c(F)c2)c2c(N)ncnc21. The van der Waals surface area contributed by atoms with Crippen molar-refractivity contribution in [3.63, 3.8) is 0 Å². The van der Waals surface area contributed by atoms with Crippen molar-refractivity contribution in [2.75, 3.05) is 36.7 Å². The van der Waals surface area contributed by atoms with E-state index in [-0.39, 0.29) is 56.5 Å². The summed E-state index contributed by atoms with van der Waals surface area (Å²) in [5.41, 5.74) is 6.47. The third kappa shape index (κ3) is 6.28. The van der Waals surface area contributed by atoms with E-state index in [0.717, 1.165) is 19.2 Å². The molecule has 0 amide bonds. The van der Waals surface area contributed by atoms with Gasteiger partial charge in [-0.1, -0.05) is 49.2 Å². The molecular weight excluding hydrogens is 584 g/mol. The number of nitrogens with zero attached hydrogens (tertiary/aromatic N) is 5. The Hall–Kier alpha value is -3.52. The van der Waals surface area contributed by atoms with Crippen molar-refractivity contribution in [2.24, 2.45) is 0 Å². The Morgan fingerprint density at radius 1 is 1.18 bits per heavy atom. The number of rotatable bonds is 11. The first-order chi connectivity index (χ1) is 19.1. The van der Waals surface area contributed by atoms with Gasteiger partial charge in [-0.15, -0.1) is 0 Å². The number of nitrogens with two attached hydrogens (primary N) is 1. The minimum atomic E-state index is -4.25. The Morgan fingerprint density at radius 3 is 2.62 bits per heavy atom. The van der Waals surface area contributed by atoms with Gasteiger partial charge >= 0.3 is 5.97 Å². The van der Waals surface area contributed by atoms with Crippen LogP contribution >= 0.6 is 23.2 Å². The number of benzene rings is 2. The van der Waals surface area contributed by atoms with Gasteiger partial charge in [-0.25, -0.2) is 27.5 Å². The van der Waals surface area contributed by atoms with E-state index in [9.17, 15) is 13.2 Å². The average Bonchev–Trinajstić information content (AvgIpc) is 3.28. The molecule has 40 heavy (non-hydrogen) atoms. The lowest BCUT2D eigenvalue weighted by atomic mass is 10.1. The van der Waals surface area contributed by atoms with Gasteiger partial charge < -0.3 is 15.4 Å². The topological polar surface area (TPSA) is 145 Å². The summed E-state index contributed by atoms with van der Waals surface area (Å²) in [7, 11) is -4.25. The largest absolute Gasteiger partial charge is 0.463 e. The molecule has 0 spiro atoms. The molecule has 11 nitrogen and oxygen atoms in total. The van der Waals surface area contributed by atoms with E-state index in [1.165, 1.54) is 41.3 Å². The zero-order chi connectivity index (χ0) is 29.0. The van der Waals surface area contributed by atoms with E-state index in [2.05, 4.69) is 24.7 Å². The van der Waals surface area contributed by atoms with Gasteiger partial charge in [0.15, 0.2) is 5.65 Å². The Kier molecular flexibility index (Phi) is 9.08. The summed E-state index contributed by atoms with van der Waals surface area (Å²) in [6.07, 6.45) is 1.23. The number of sulfonamides is 1. The standard InChI is InChI=1S/C25H26Cl2FN7O4S/c1-3-34(4-2)10-11-39-20(36)13-35-25-21(24(29)30-14-31-25)23(32-35)15-8-9-18(17(28)12-15)33-40(37,38)19-7-5-6-16(26)22(19)27/h5-9,12,14,33H,3-4,10-11,13H2,1-2H3,(H2,29,30,31). The number of carbonyl (C=O) groups is 1. The molecule has 0 fully saturated rings. The molecule has 0 aliphatic carbocycles. The third-order valence-corrected chi connectivity index (χ3v) is 8.43. The van der Waals surface area contributed by atoms with Crippen molar-refractivity contribution >= 4 is 61.7 Å². The highest BCUT2D eigenvalue weighted by Gasteiger charge is 2.23. The second kappa shape index (κ2) is 12.3. The number of ether oxygens (including phenoxy) is 1. The molecule has 15 heteroatoms. The van der Waals surface area contributed by atoms with Crippen LogP contribution in [0.5, 0.6) is 0 Å². The minimum absolute atomic E-state index is 0.0374. The molecule has 0 atom stereocenters. The number of likely N-dealkylation sites (N-methyl/N-ethyl adjacent to an activating group) is 1. The average molecular weight is 610 g/mol. The fourth-order valence-electron chi connectivity index (χ4n) is 3.98. The Labute approximate surface area is 240 Å². The zero-order valence-corrected chi connectivity index (χ0v) is 23.9. The number of fused-ring (bicyclic) bond motifs is 1. The maximum atomic E-state index is 15.2. The molecule has 4 aromatic rings. The quantitative estimate of drug-likeness (QED) is 0.239. The molecule has 0 aliphatic heterocycles. The summed E-state index contributed by atoms with van der Waals surface area (Å²) in [6.45, 7) is 6.26. The van der Waals surface area contributed by atoms with E-state index in [1.54, 1.807) is 0 Å². The number of hydrogen-bond donors (Lipinski definition) is 2. The van der Waals surface area contributed by atoms with Gasteiger partial charge in [0.1, 0.15) is 41.7 Å². The third-order valence-electron chi connectivity index (χ3n) is 6.09. The molecule has 3 N–H and O–H groups in total. The van der Waals surface area contributed by atoms with Crippen LogP contribution in [0.3, 0.4) is 0 Å². The number of carbonyl (C=O) groups excluding carboxylic acids is 1. The first-order valence-corrected chi connectivity index (χ1v) is 14.4. The highest BCUT2D eigenvalue weighted by Crippen LogP contribution is 2.34. The maximum Gasteiger partial charge on any atom is 0.327 e. The molecule has 2 heterocycles. The van der Waals surface area contributed by atoms with Gasteiger partial charge in [0.2, 0.25) is 0 Å². The van der Waals surface area contributed by atoms with Gasteiger partial charge in [0, 0.05) is 12.1 Å². The van der Waals surface area contributed by atoms with E-state index >= 15 is 4.39 Å². The van der Waals surface area contributed by atoms with Crippen molar-refractivity contribution in [3.05, 3.63) is 58.6 Å². The van der Waals surface area contributed by atoms with Gasteiger partial charge in [-0.05, 0) is 37.4 Å². The van der Waals surface area contributed by atoms with Crippen LogP contribution in [0.1, 0.15) is 13.8 Å². The summed E-state index contributed by atoms with van der Waals surface area (Å²) in [5, 5.41) is 4.59. The van der Waals surface area contributed by atoms with E-state index in [0.29, 0.717) is 11.9 Å². The molecule has 0 saturated heterocycles.